The lowest BCUT2D eigenvalue weighted by atomic mass is 10.0. The van der Waals surface area contributed by atoms with Gasteiger partial charge in [0.05, 0.1) is 5.60 Å². The summed E-state index contributed by atoms with van der Waals surface area (Å²) in [6, 6.07) is 0. The highest BCUT2D eigenvalue weighted by molar-refractivity contribution is 4.76. The molecule has 1 aliphatic rings. The van der Waals surface area contributed by atoms with Crippen molar-refractivity contribution in [2.45, 2.75) is 38.7 Å². The lowest BCUT2D eigenvalue weighted by Crippen LogP contribution is -2.35. The Labute approximate surface area is 87.3 Å². The number of likely N-dealkylation sites (tertiary alicyclic amines) is 1. The summed E-state index contributed by atoms with van der Waals surface area (Å²) in [5.74, 6) is 0.852. The number of hydrogen-bond acceptors (Lipinski definition) is 3. The number of nitrogens with two attached hydrogens (primary N) is 1. The van der Waals surface area contributed by atoms with Crippen LogP contribution >= 0.6 is 0 Å². The Kier molecular flexibility index (Phi) is 4.35. The van der Waals surface area contributed by atoms with E-state index in [9.17, 15) is 5.11 Å². The molecule has 0 spiro atoms. The minimum Gasteiger partial charge on any atom is -0.389 e. The molecule has 0 aliphatic carbocycles. The van der Waals surface area contributed by atoms with E-state index in [1.807, 2.05) is 6.92 Å². The smallest absolute Gasteiger partial charge is 0.0741 e. The van der Waals surface area contributed by atoms with E-state index < -0.39 is 5.60 Å². The van der Waals surface area contributed by atoms with Crippen molar-refractivity contribution in [2.75, 3.05) is 26.2 Å². The van der Waals surface area contributed by atoms with E-state index in [4.69, 9.17) is 5.73 Å². The summed E-state index contributed by atoms with van der Waals surface area (Å²) in [6.45, 7) is 8.05. The second-order valence-corrected chi connectivity index (χ2v) is 5.00. The van der Waals surface area contributed by atoms with Gasteiger partial charge >= 0.3 is 0 Å². The zero-order valence-corrected chi connectivity index (χ0v) is 9.50. The maximum Gasteiger partial charge on any atom is 0.0741 e. The maximum atomic E-state index is 9.71. The quantitative estimate of drug-likeness (QED) is 0.691. The first kappa shape index (κ1) is 12.0. The van der Waals surface area contributed by atoms with Gasteiger partial charge in [0.2, 0.25) is 0 Å². The fourth-order valence-corrected chi connectivity index (χ4v) is 2.01. The van der Waals surface area contributed by atoms with Gasteiger partial charge in [0.15, 0.2) is 0 Å². The van der Waals surface area contributed by atoms with Gasteiger partial charge in [-0.25, -0.2) is 0 Å². The second-order valence-electron chi connectivity index (χ2n) is 5.00. The normalized spacial score (nSPS) is 27.9. The Morgan fingerprint density at radius 2 is 2.29 bits per heavy atom. The minimum atomic E-state index is -0.661. The summed E-state index contributed by atoms with van der Waals surface area (Å²) in [4.78, 5) is 2.48. The molecule has 0 radical (unpaired) electrons. The summed E-state index contributed by atoms with van der Waals surface area (Å²) in [5, 5.41) is 9.71. The van der Waals surface area contributed by atoms with Crippen molar-refractivity contribution < 1.29 is 5.11 Å². The topological polar surface area (TPSA) is 49.5 Å². The third-order valence-electron chi connectivity index (χ3n) is 3.14. The molecule has 0 aromatic rings. The zero-order valence-electron chi connectivity index (χ0n) is 9.50. The summed E-state index contributed by atoms with van der Waals surface area (Å²) in [6.07, 6.45) is 3.19. The van der Waals surface area contributed by atoms with E-state index in [1.54, 1.807) is 0 Å². The second kappa shape index (κ2) is 5.10. The van der Waals surface area contributed by atoms with Gasteiger partial charge in [-0.15, -0.1) is 0 Å². The highest BCUT2D eigenvalue weighted by Crippen LogP contribution is 2.17. The molecule has 1 rings (SSSR count). The molecular formula is C11H24N2O. The predicted molar refractivity (Wildman–Crippen MR) is 59.1 cm³/mol. The molecule has 1 aliphatic heterocycles. The van der Waals surface area contributed by atoms with Crippen LogP contribution in [0.2, 0.25) is 0 Å². The third-order valence-corrected chi connectivity index (χ3v) is 3.14. The highest BCUT2D eigenvalue weighted by atomic mass is 16.3. The van der Waals surface area contributed by atoms with Gasteiger partial charge < -0.3 is 15.7 Å². The summed E-state index contributed by atoms with van der Waals surface area (Å²) in [7, 11) is 0. The van der Waals surface area contributed by atoms with Crippen molar-refractivity contribution in [3.8, 4) is 0 Å². The largest absolute Gasteiger partial charge is 0.389 e. The summed E-state index contributed by atoms with van der Waals surface area (Å²) in [5.41, 5.74) is 4.80. The molecule has 84 valence electrons. The molecule has 0 saturated carbocycles. The Hall–Kier alpha value is -0.120. The standard InChI is InChI=1S/C11H24N2O/c1-10-4-7-13(8-10)6-3-5-11(2,14)9-12/h10,14H,3-9,12H2,1-2H3. The molecule has 0 aromatic carbocycles. The van der Waals surface area contributed by atoms with Gasteiger partial charge in [0.25, 0.3) is 0 Å². The monoisotopic (exact) mass is 200 g/mol. The van der Waals surface area contributed by atoms with Gasteiger partial charge in [-0.2, -0.15) is 0 Å². The van der Waals surface area contributed by atoms with Crippen LogP contribution in [-0.2, 0) is 0 Å². The number of hydrogen-bond donors (Lipinski definition) is 2. The molecule has 2 unspecified atom stereocenters. The molecule has 1 fully saturated rings. The van der Waals surface area contributed by atoms with E-state index in [1.165, 1.54) is 19.5 Å². The molecule has 0 aromatic heterocycles. The molecule has 0 amide bonds. The first-order chi connectivity index (χ1) is 6.53. The average Bonchev–Trinajstić information content (AvgIpc) is 2.51. The average molecular weight is 200 g/mol. The number of nitrogens with zero attached hydrogens (tertiary/aromatic N) is 1. The zero-order chi connectivity index (χ0) is 10.6. The molecule has 1 saturated heterocycles. The lowest BCUT2D eigenvalue weighted by Gasteiger charge is -2.22. The van der Waals surface area contributed by atoms with E-state index in [2.05, 4.69) is 11.8 Å². The lowest BCUT2D eigenvalue weighted by molar-refractivity contribution is 0.0551. The molecule has 1 heterocycles. The SMILES string of the molecule is CC1CCN(CCCC(C)(O)CN)C1. The fourth-order valence-electron chi connectivity index (χ4n) is 2.01. The van der Waals surface area contributed by atoms with Crippen LogP contribution in [-0.4, -0.2) is 41.8 Å². The Morgan fingerprint density at radius 3 is 2.79 bits per heavy atom. The predicted octanol–water partition coefficient (Wildman–Crippen LogP) is 0.818. The molecule has 14 heavy (non-hydrogen) atoms. The van der Waals surface area contributed by atoms with Gasteiger partial charge in [0.1, 0.15) is 0 Å². The van der Waals surface area contributed by atoms with Crippen LogP contribution in [0.4, 0.5) is 0 Å². The van der Waals surface area contributed by atoms with Crippen molar-refractivity contribution in [1.29, 1.82) is 0 Å². The Bertz CT molecular complexity index is 171. The van der Waals surface area contributed by atoms with Crippen molar-refractivity contribution in [1.82, 2.24) is 4.90 Å². The van der Waals surface area contributed by atoms with E-state index in [-0.39, 0.29) is 0 Å². The number of aliphatic hydroxyl groups is 1. The van der Waals surface area contributed by atoms with Crippen molar-refractivity contribution in [3.63, 3.8) is 0 Å². The Balaban J connectivity index is 2.10. The van der Waals surface area contributed by atoms with Gasteiger partial charge in [-0.1, -0.05) is 6.92 Å². The van der Waals surface area contributed by atoms with Crippen LogP contribution in [0.15, 0.2) is 0 Å². The van der Waals surface area contributed by atoms with Gasteiger partial charge in [-0.05, 0) is 45.2 Å². The van der Waals surface area contributed by atoms with Crippen molar-refractivity contribution >= 4 is 0 Å². The minimum absolute atomic E-state index is 0.364. The number of rotatable bonds is 5. The summed E-state index contributed by atoms with van der Waals surface area (Å²) >= 11 is 0. The third kappa shape index (κ3) is 3.95. The van der Waals surface area contributed by atoms with Gasteiger partial charge in [0, 0.05) is 13.1 Å². The highest BCUT2D eigenvalue weighted by Gasteiger charge is 2.21. The first-order valence-corrected chi connectivity index (χ1v) is 5.68. The van der Waals surface area contributed by atoms with Crippen LogP contribution in [0, 0.1) is 5.92 Å². The van der Waals surface area contributed by atoms with Crippen LogP contribution < -0.4 is 5.73 Å². The van der Waals surface area contributed by atoms with E-state index in [0.29, 0.717) is 6.54 Å². The molecular weight excluding hydrogens is 176 g/mol. The van der Waals surface area contributed by atoms with Crippen LogP contribution in [0.3, 0.4) is 0 Å². The Morgan fingerprint density at radius 1 is 1.57 bits per heavy atom. The maximum absolute atomic E-state index is 9.71. The molecule has 3 heteroatoms. The van der Waals surface area contributed by atoms with E-state index >= 15 is 0 Å². The molecule has 3 nitrogen and oxygen atoms in total. The first-order valence-electron chi connectivity index (χ1n) is 5.68. The molecule has 0 bridgehead atoms. The molecule has 2 atom stereocenters. The summed E-state index contributed by atoms with van der Waals surface area (Å²) < 4.78 is 0. The van der Waals surface area contributed by atoms with Gasteiger partial charge in [-0.3, -0.25) is 0 Å². The van der Waals surface area contributed by atoms with E-state index in [0.717, 1.165) is 25.3 Å². The van der Waals surface area contributed by atoms with Crippen LogP contribution in [0.1, 0.15) is 33.1 Å². The fraction of sp³-hybridized carbons (Fsp3) is 1.00. The van der Waals surface area contributed by atoms with Crippen LogP contribution in [0.5, 0.6) is 0 Å². The van der Waals surface area contributed by atoms with Crippen molar-refractivity contribution in [2.24, 2.45) is 11.7 Å². The molecule has 3 N–H and O–H groups in total. The van der Waals surface area contributed by atoms with Crippen LogP contribution in [0.25, 0.3) is 0 Å². The van der Waals surface area contributed by atoms with Crippen molar-refractivity contribution in [3.05, 3.63) is 0 Å².